The molecular weight excluding hydrogens is 122 g/mol. The van der Waals surface area contributed by atoms with E-state index in [1.54, 1.807) is 0 Å². The van der Waals surface area contributed by atoms with E-state index in [-0.39, 0.29) is 0 Å². The molecule has 0 aliphatic heterocycles. The maximum absolute atomic E-state index is 3.20. The van der Waals surface area contributed by atoms with Crippen molar-refractivity contribution in [3.63, 3.8) is 0 Å². The van der Waals surface area contributed by atoms with Crippen LogP contribution in [-0.2, 0) is 0 Å². The van der Waals surface area contributed by atoms with Gasteiger partial charge in [-0.05, 0) is 43.2 Å². The maximum atomic E-state index is 3.20. The van der Waals surface area contributed by atoms with Crippen molar-refractivity contribution in [1.29, 1.82) is 0 Å². The molecule has 1 aromatic rings. The van der Waals surface area contributed by atoms with Gasteiger partial charge >= 0.3 is 0 Å². The fourth-order valence-electron chi connectivity index (χ4n) is 1.04. The van der Waals surface area contributed by atoms with Crippen LogP contribution in [0.3, 0.4) is 0 Å². The van der Waals surface area contributed by atoms with Crippen LogP contribution in [0.1, 0.15) is 11.1 Å². The molecule has 0 aliphatic carbocycles. The van der Waals surface area contributed by atoms with Crippen molar-refractivity contribution < 1.29 is 0 Å². The molecule has 0 saturated carbocycles. The Labute approximate surface area is 62.1 Å². The summed E-state index contributed by atoms with van der Waals surface area (Å²) in [5.41, 5.74) is 3.53. The Morgan fingerprint density at radius 1 is 1.20 bits per heavy atom. The number of rotatable bonds is 1. The van der Waals surface area contributed by atoms with Crippen molar-refractivity contribution in [1.82, 2.24) is 0 Å². The molecule has 10 heavy (non-hydrogen) atoms. The largest absolute Gasteiger partial charge is 0.388 e. The summed E-state index contributed by atoms with van der Waals surface area (Å²) in [6.07, 6.45) is 0. The van der Waals surface area contributed by atoms with Gasteiger partial charge in [0, 0.05) is 12.7 Å². The Kier molecular flexibility index (Phi) is 1.95. The highest BCUT2D eigenvalue weighted by molar-refractivity contribution is 5.47. The van der Waals surface area contributed by atoms with Gasteiger partial charge in [-0.25, -0.2) is 0 Å². The predicted molar refractivity (Wildman–Crippen MR) is 44.3 cm³/mol. The van der Waals surface area contributed by atoms with E-state index in [4.69, 9.17) is 0 Å². The standard InChI is InChI=1S/C9H12N/c1-7-4-8(2)6-9(5-7)10-3/h5-6,10H,1-3H3. The number of hydrogen-bond donors (Lipinski definition) is 1. The van der Waals surface area contributed by atoms with Crippen LogP contribution in [0.5, 0.6) is 0 Å². The van der Waals surface area contributed by atoms with E-state index in [0.717, 1.165) is 5.69 Å². The second-order valence-electron chi connectivity index (χ2n) is 2.49. The number of aryl methyl sites for hydroxylation is 2. The van der Waals surface area contributed by atoms with Crippen molar-refractivity contribution >= 4 is 5.69 Å². The molecule has 0 heterocycles. The molecule has 1 N–H and O–H groups in total. The van der Waals surface area contributed by atoms with E-state index < -0.39 is 0 Å². The molecule has 1 aromatic carbocycles. The third-order valence-electron chi connectivity index (χ3n) is 1.43. The van der Waals surface area contributed by atoms with Crippen molar-refractivity contribution in [2.75, 3.05) is 12.4 Å². The van der Waals surface area contributed by atoms with Gasteiger partial charge in [-0.2, -0.15) is 0 Å². The summed E-state index contributed by atoms with van der Waals surface area (Å²) in [6.45, 7) is 4.10. The first-order chi connectivity index (χ1) is 4.72. The predicted octanol–water partition coefficient (Wildman–Crippen LogP) is 2.15. The minimum Gasteiger partial charge on any atom is -0.388 e. The van der Waals surface area contributed by atoms with Crippen LogP contribution in [0, 0.1) is 19.9 Å². The Morgan fingerprint density at radius 2 is 1.70 bits per heavy atom. The van der Waals surface area contributed by atoms with E-state index in [9.17, 15) is 0 Å². The van der Waals surface area contributed by atoms with Crippen LogP contribution in [0.4, 0.5) is 5.69 Å². The Hall–Kier alpha value is -0.980. The molecule has 0 fully saturated rings. The Morgan fingerprint density at radius 3 is 2.10 bits per heavy atom. The van der Waals surface area contributed by atoms with Crippen molar-refractivity contribution in [2.45, 2.75) is 13.8 Å². The smallest absolute Gasteiger partial charge is 0.0343 e. The van der Waals surface area contributed by atoms with Gasteiger partial charge in [0.05, 0.1) is 0 Å². The van der Waals surface area contributed by atoms with Gasteiger partial charge in [-0.3, -0.25) is 0 Å². The maximum Gasteiger partial charge on any atom is 0.0343 e. The SMILES string of the molecule is CNc1cc(C)[c]c(C)c1. The first kappa shape index (κ1) is 7.13. The number of hydrogen-bond acceptors (Lipinski definition) is 1. The summed E-state index contributed by atoms with van der Waals surface area (Å²) in [6, 6.07) is 7.36. The zero-order valence-corrected chi connectivity index (χ0v) is 6.65. The van der Waals surface area contributed by atoms with E-state index in [1.807, 2.05) is 20.9 Å². The van der Waals surface area contributed by atoms with E-state index in [2.05, 4.69) is 23.5 Å². The molecule has 0 saturated heterocycles. The summed E-state index contributed by atoms with van der Waals surface area (Å²) in [7, 11) is 1.92. The third kappa shape index (κ3) is 1.50. The Balaban J connectivity index is 3.06. The topological polar surface area (TPSA) is 12.0 Å². The first-order valence-electron chi connectivity index (χ1n) is 3.40. The minimum atomic E-state index is 1.16. The van der Waals surface area contributed by atoms with Crippen LogP contribution < -0.4 is 5.32 Å². The lowest BCUT2D eigenvalue weighted by atomic mass is 10.1. The molecule has 1 radical (unpaired) electrons. The lowest BCUT2D eigenvalue weighted by Gasteiger charge is -2.01. The molecule has 1 heteroatoms. The monoisotopic (exact) mass is 134 g/mol. The van der Waals surface area contributed by atoms with Gasteiger partial charge in [0.2, 0.25) is 0 Å². The molecule has 0 aromatic heterocycles. The third-order valence-corrected chi connectivity index (χ3v) is 1.43. The highest BCUT2D eigenvalue weighted by atomic mass is 14.8. The van der Waals surface area contributed by atoms with E-state index in [1.165, 1.54) is 11.1 Å². The van der Waals surface area contributed by atoms with Crippen LogP contribution in [0.15, 0.2) is 12.1 Å². The lowest BCUT2D eigenvalue weighted by molar-refractivity contribution is 1.35. The summed E-state index contributed by atoms with van der Waals surface area (Å²) in [4.78, 5) is 0. The second kappa shape index (κ2) is 2.74. The fourth-order valence-corrected chi connectivity index (χ4v) is 1.04. The molecule has 0 atom stereocenters. The highest BCUT2D eigenvalue weighted by Gasteiger charge is 1.91. The molecule has 0 spiro atoms. The Bertz CT molecular complexity index is 208. The average molecular weight is 134 g/mol. The fraction of sp³-hybridized carbons (Fsp3) is 0.333. The van der Waals surface area contributed by atoms with E-state index in [0.29, 0.717) is 0 Å². The molecule has 1 nitrogen and oxygen atoms in total. The molecule has 0 aliphatic rings. The van der Waals surface area contributed by atoms with Crippen LogP contribution in [0.2, 0.25) is 0 Å². The molecule has 0 unspecified atom stereocenters. The molecule has 0 bridgehead atoms. The van der Waals surface area contributed by atoms with Gasteiger partial charge in [-0.15, -0.1) is 0 Å². The summed E-state index contributed by atoms with van der Waals surface area (Å²) in [5.74, 6) is 0. The normalized spacial score (nSPS) is 9.50. The van der Waals surface area contributed by atoms with Crippen LogP contribution >= 0.6 is 0 Å². The number of benzene rings is 1. The van der Waals surface area contributed by atoms with Crippen molar-refractivity contribution in [3.05, 3.63) is 29.3 Å². The second-order valence-corrected chi connectivity index (χ2v) is 2.49. The lowest BCUT2D eigenvalue weighted by Crippen LogP contribution is -1.89. The van der Waals surface area contributed by atoms with Crippen LogP contribution in [0.25, 0.3) is 0 Å². The molecule has 53 valence electrons. The van der Waals surface area contributed by atoms with Crippen molar-refractivity contribution in [2.24, 2.45) is 0 Å². The zero-order valence-electron chi connectivity index (χ0n) is 6.65. The number of anilines is 1. The van der Waals surface area contributed by atoms with Gasteiger partial charge < -0.3 is 5.32 Å². The zero-order chi connectivity index (χ0) is 7.56. The first-order valence-corrected chi connectivity index (χ1v) is 3.40. The quantitative estimate of drug-likeness (QED) is 0.620. The molecule has 1 rings (SSSR count). The van der Waals surface area contributed by atoms with Crippen molar-refractivity contribution in [3.8, 4) is 0 Å². The van der Waals surface area contributed by atoms with Gasteiger partial charge in [0.15, 0.2) is 0 Å². The average Bonchev–Trinajstić information content (AvgIpc) is 1.85. The van der Waals surface area contributed by atoms with Gasteiger partial charge in [-0.1, -0.05) is 0 Å². The minimum absolute atomic E-state index is 1.16. The van der Waals surface area contributed by atoms with E-state index >= 15 is 0 Å². The van der Waals surface area contributed by atoms with Crippen LogP contribution in [-0.4, -0.2) is 7.05 Å². The summed E-state index contributed by atoms with van der Waals surface area (Å²) >= 11 is 0. The number of nitrogens with one attached hydrogen (secondary N) is 1. The highest BCUT2D eigenvalue weighted by Crippen LogP contribution is 2.11. The van der Waals surface area contributed by atoms with Gasteiger partial charge in [0.1, 0.15) is 0 Å². The molecular formula is C9H12N. The molecule has 0 amide bonds. The summed E-state index contributed by atoms with van der Waals surface area (Å²) < 4.78 is 0. The summed E-state index contributed by atoms with van der Waals surface area (Å²) in [5, 5.41) is 3.09. The van der Waals surface area contributed by atoms with Gasteiger partial charge in [0.25, 0.3) is 0 Å².